The van der Waals surface area contributed by atoms with E-state index in [-0.39, 0.29) is 17.4 Å². The number of rotatable bonds is 6. The smallest absolute Gasteiger partial charge is 0.226 e. The van der Waals surface area contributed by atoms with Gasteiger partial charge in [-0.05, 0) is 30.7 Å². The minimum Gasteiger partial charge on any atom is -0.494 e. The fourth-order valence-electron chi connectivity index (χ4n) is 2.55. The molecule has 0 bridgehead atoms. The van der Waals surface area contributed by atoms with E-state index in [0.717, 1.165) is 11.5 Å². The fourth-order valence-corrected chi connectivity index (χ4v) is 2.55. The van der Waals surface area contributed by atoms with E-state index in [9.17, 15) is 15.4 Å². The molecule has 130 valence electrons. The Labute approximate surface area is 145 Å². The molecule has 0 radical (unpaired) electrons. The Morgan fingerprint density at radius 2 is 1.68 bits per heavy atom. The third-order valence-electron chi connectivity index (χ3n) is 3.73. The number of hydrogen-bond acceptors (Lipinski definition) is 5. The fraction of sp³-hybridized carbons (Fsp3) is 0.158. The number of hydrogen-bond donors (Lipinski definition) is 3. The van der Waals surface area contributed by atoms with E-state index in [2.05, 4.69) is 0 Å². The van der Waals surface area contributed by atoms with E-state index in [1.165, 1.54) is 10.6 Å². The number of nitrogens with zero attached hydrogens (tertiary/aromatic N) is 2. The highest BCUT2D eigenvalue weighted by Gasteiger charge is 2.22. The molecule has 0 aliphatic heterocycles. The van der Waals surface area contributed by atoms with Gasteiger partial charge in [0, 0.05) is 6.07 Å². The minimum absolute atomic E-state index is 0.0639. The minimum atomic E-state index is -0.295. The highest BCUT2D eigenvalue weighted by Crippen LogP contribution is 2.41. The molecular formula is C19H20N2O4. The van der Waals surface area contributed by atoms with Crippen molar-refractivity contribution in [1.82, 2.24) is 4.57 Å². The molecule has 0 atom stereocenters. The number of aromatic nitrogens is 1. The SMILES string of the molecule is CCCOc1ccccc1-n1c(O)cc(N(O)c2ccccc2)c1O. The van der Waals surface area contributed by atoms with Crippen LogP contribution in [0.3, 0.4) is 0 Å². The Bertz CT molecular complexity index is 846. The summed E-state index contributed by atoms with van der Waals surface area (Å²) in [4.78, 5) is 0. The van der Waals surface area contributed by atoms with E-state index in [4.69, 9.17) is 4.74 Å². The first kappa shape index (κ1) is 16.7. The van der Waals surface area contributed by atoms with E-state index >= 15 is 0 Å². The molecule has 6 heteroatoms. The summed E-state index contributed by atoms with van der Waals surface area (Å²) >= 11 is 0. The van der Waals surface area contributed by atoms with Crippen molar-refractivity contribution in [2.24, 2.45) is 0 Å². The van der Waals surface area contributed by atoms with Crippen molar-refractivity contribution in [3.8, 4) is 23.2 Å². The summed E-state index contributed by atoms with van der Waals surface area (Å²) in [6.45, 7) is 2.51. The van der Waals surface area contributed by atoms with Crippen molar-refractivity contribution in [3.05, 3.63) is 60.7 Å². The molecule has 0 saturated heterocycles. The highest BCUT2D eigenvalue weighted by molar-refractivity contribution is 5.70. The molecule has 2 aromatic carbocycles. The van der Waals surface area contributed by atoms with Gasteiger partial charge in [-0.2, -0.15) is 0 Å². The number of ether oxygens (including phenoxy) is 1. The third kappa shape index (κ3) is 3.25. The predicted octanol–water partition coefficient (Wildman–Crippen LogP) is 4.20. The molecule has 0 unspecified atom stereocenters. The molecule has 3 N–H and O–H groups in total. The average molecular weight is 340 g/mol. The molecule has 0 spiro atoms. The van der Waals surface area contributed by atoms with Crippen LogP contribution in [-0.2, 0) is 0 Å². The van der Waals surface area contributed by atoms with Crippen LogP contribution in [0.1, 0.15) is 13.3 Å². The van der Waals surface area contributed by atoms with Gasteiger partial charge in [0.2, 0.25) is 11.8 Å². The lowest BCUT2D eigenvalue weighted by Crippen LogP contribution is -2.10. The second kappa shape index (κ2) is 7.19. The second-order valence-corrected chi connectivity index (χ2v) is 5.51. The Morgan fingerprint density at radius 3 is 2.40 bits per heavy atom. The Kier molecular flexibility index (Phi) is 4.81. The van der Waals surface area contributed by atoms with Gasteiger partial charge in [-0.25, -0.2) is 9.63 Å². The highest BCUT2D eigenvalue weighted by atomic mass is 16.5. The summed E-state index contributed by atoms with van der Waals surface area (Å²) in [6.07, 6.45) is 0.835. The van der Waals surface area contributed by atoms with Crippen LogP contribution < -0.4 is 9.80 Å². The quantitative estimate of drug-likeness (QED) is 0.586. The molecule has 0 aliphatic rings. The average Bonchev–Trinajstić information content (AvgIpc) is 2.94. The van der Waals surface area contributed by atoms with Gasteiger partial charge in [0.1, 0.15) is 11.4 Å². The molecule has 3 rings (SSSR count). The summed E-state index contributed by atoms with van der Waals surface area (Å²) in [5.74, 6) is 0.0210. The molecule has 0 saturated carbocycles. The number of aromatic hydroxyl groups is 2. The summed E-state index contributed by atoms with van der Waals surface area (Å²) < 4.78 is 6.91. The van der Waals surface area contributed by atoms with Crippen LogP contribution in [0.5, 0.6) is 17.5 Å². The van der Waals surface area contributed by atoms with Crippen LogP contribution in [0.15, 0.2) is 60.7 Å². The van der Waals surface area contributed by atoms with Crippen molar-refractivity contribution in [1.29, 1.82) is 0 Å². The van der Waals surface area contributed by atoms with Gasteiger partial charge in [-0.3, -0.25) is 5.21 Å². The van der Waals surface area contributed by atoms with Gasteiger partial charge in [0.05, 0.1) is 18.0 Å². The molecule has 1 heterocycles. The maximum atomic E-state index is 10.6. The largest absolute Gasteiger partial charge is 0.494 e. The van der Waals surface area contributed by atoms with Gasteiger partial charge in [-0.15, -0.1) is 0 Å². The van der Waals surface area contributed by atoms with E-state index < -0.39 is 0 Å². The monoisotopic (exact) mass is 340 g/mol. The van der Waals surface area contributed by atoms with Crippen LogP contribution >= 0.6 is 0 Å². The van der Waals surface area contributed by atoms with E-state index in [1.54, 1.807) is 42.5 Å². The number of para-hydroxylation sites is 3. The van der Waals surface area contributed by atoms with Crippen LogP contribution in [0.2, 0.25) is 0 Å². The van der Waals surface area contributed by atoms with Crippen molar-refractivity contribution < 1.29 is 20.2 Å². The molecule has 0 fully saturated rings. The lowest BCUT2D eigenvalue weighted by atomic mass is 10.3. The lowest BCUT2D eigenvalue weighted by Gasteiger charge is -2.16. The summed E-state index contributed by atoms with van der Waals surface area (Å²) in [5.41, 5.74) is 1.01. The summed E-state index contributed by atoms with van der Waals surface area (Å²) in [6, 6.07) is 17.1. The standard InChI is InChI=1S/C19H20N2O4/c1-2-12-25-17-11-7-6-10-15(17)20-18(22)13-16(19(20)23)21(24)14-8-4-3-5-9-14/h3-11,13,22-24H,2,12H2,1H3. The predicted molar refractivity (Wildman–Crippen MR) is 95.3 cm³/mol. The third-order valence-corrected chi connectivity index (χ3v) is 3.73. The Morgan fingerprint density at radius 1 is 1.00 bits per heavy atom. The molecule has 25 heavy (non-hydrogen) atoms. The first-order valence-electron chi connectivity index (χ1n) is 8.03. The Balaban J connectivity index is 2.04. The van der Waals surface area contributed by atoms with E-state index in [1.807, 2.05) is 19.1 Å². The maximum absolute atomic E-state index is 10.6. The molecular weight excluding hydrogens is 320 g/mol. The van der Waals surface area contributed by atoms with Gasteiger partial charge in [-0.1, -0.05) is 37.3 Å². The lowest BCUT2D eigenvalue weighted by molar-refractivity contribution is 0.295. The van der Waals surface area contributed by atoms with Gasteiger partial charge >= 0.3 is 0 Å². The summed E-state index contributed by atoms with van der Waals surface area (Å²) in [5, 5.41) is 32.1. The second-order valence-electron chi connectivity index (χ2n) is 5.51. The van der Waals surface area contributed by atoms with Crippen LogP contribution in [-0.4, -0.2) is 26.6 Å². The zero-order chi connectivity index (χ0) is 17.8. The molecule has 3 aromatic rings. The van der Waals surface area contributed by atoms with Crippen LogP contribution in [0.4, 0.5) is 11.4 Å². The first-order valence-corrected chi connectivity index (χ1v) is 8.03. The zero-order valence-electron chi connectivity index (χ0n) is 13.8. The molecule has 6 nitrogen and oxygen atoms in total. The van der Waals surface area contributed by atoms with Crippen LogP contribution in [0.25, 0.3) is 5.69 Å². The van der Waals surface area contributed by atoms with E-state index in [0.29, 0.717) is 23.7 Å². The van der Waals surface area contributed by atoms with Gasteiger partial charge in [0.25, 0.3) is 0 Å². The first-order chi connectivity index (χ1) is 12.1. The molecule has 0 aliphatic carbocycles. The zero-order valence-corrected chi connectivity index (χ0v) is 13.8. The Hall–Kier alpha value is -3.12. The van der Waals surface area contributed by atoms with Gasteiger partial charge < -0.3 is 14.9 Å². The van der Waals surface area contributed by atoms with Crippen molar-refractivity contribution in [2.75, 3.05) is 11.7 Å². The van der Waals surface area contributed by atoms with Crippen molar-refractivity contribution in [3.63, 3.8) is 0 Å². The maximum Gasteiger partial charge on any atom is 0.226 e. The van der Waals surface area contributed by atoms with Crippen LogP contribution in [0, 0.1) is 0 Å². The van der Waals surface area contributed by atoms with Crippen molar-refractivity contribution >= 4 is 11.4 Å². The summed E-state index contributed by atoms with van der Waals surface area (Å²) in [7, 11) is 0. The molecule has 1 aromatic heterocycles. The number of anilines is 2. The van der Waals surface area contributed by atoms with Crippen molar-refractivity contribution in [2.45, 2.75) is 13.3 Å². The molecule has 0 amide bonds. The van der Waals surface area contributed by atoms with Gasteiger partial charge in [0.15, 0.2) is 0 Å². The number of benzene rings is 2. The normalized spacial score (nSPS) is 10.6. The topological polar surface area (TPSA) is 78.1 Å².